The van der Waals surface area contributed by atoms with E-state index in [1.807, 2.05) is 20.8 Å². The smallest absolute Gasteiger partial charge is 0.410 e. The van der Waals surface area contributed by atoms with Crippen molar-refractivity contribution < 1.29 is 19.4 Å². The molecule has 172 valence electrons. The molecule has 3 N–H and O–H groups in total. The van der Waals surface area contributed by atoms with Crippen LogP contribution in [0.4, 0.5) is 4.79 Å². The van der Waals surface area contributed by atoms with Gasteiger partial charge in [-0.05, 0) is 52.8 Å². The van der Waals surface area contributed by atoms with Crippen LogP contribution < -0.4 is 10.9 Å². The van der Waals surface area contributed by atoms with Crippen molar-refractivity contribution in [2.45, 2.75) is 58.6 Å². The lowest BCUT2D eigenvalue weighted by atomic mass is 10.0. The Morgan fingerprint density at radius 1 is 1.39 bits per heavy atom. The first-order valence-electron chi connectivity index (χ1n) is 9.85. The Morgan fingerprint density at radius 3 is 2.52 bits per heavy atom. The highest BCUT2D eigenvalue weighted by Gasteiger charge is 2.34. The molecule has 0 spiro atoms. The van der Waals surface area contributed by atoms with E-state index < -0.39 is 17.3 Å². The molecule has 2 heterocycles. The number of aryl methyl sites for hydroxylation is 1. The Balaban J connectivity index is 0.000000512. The maximum Gasteiger partial charge on any atom is 0.410 e. The summed E-state index contributed by atoms with van der Waals surface area (Å²) < 4.78 is 6.79. The van der Waals surface area contributed by atoms with E-state index in [9.17, 15) is 19.5 Å². The van der Waals surface area contributed by atoms with E-state index in [0.29, 0.717) is 30.9 Å². The maximum atomic E-state index is 12.5. The molecule has 31 heavy (non-hydrogen) atoms. The molecule has 0 aromatic carbocycles. The van der Waals surface area contributed by atoms with Crippen molar-refractivity contribution in [1.29, 1.82) is 5.41 Å². The zero-order valence-corrected chi connectivity index (χ0v) is 19.8. The van der Waals surface area contributed by atoms with Gasteiger partial charge in [0.2, 0.25) is 12.2 Å². The fourth-order valence-electron chi connectivity index (χ4n) is 2.96. The number of likely N-dealkylation sites (tertiary alicyclic amines) is 1. The topological polar surface area (TPSA) is 138 Å². The summed E-state index contributed by atoms with van der Waals surface area (Å²) >= 11 is 0. The first kappa shape index (κ1) is 26.3. The molecule has 2 atom stereocenters. The quantitative estimate of drug-likeness (QED) is 0.364. The summed E-state index contributed by atoms with van der Waals surface area (Å²) in [6, 6.07) is -0.324. The summed E-state index contributed by atoms with van der Waals surface area (Å²) in [7, 11) is 3.84. The van der Waals surface area contributed by atoms with Crippen LogP contribution in [0, 0.1) is 12.3 Å². The van der Waals surface area contributed by atoms with E-state index in [2.05, 4.69) is 19.5 Å². The van der Waals surface area contributed by atoms with Crippen molar-refractivity contribution in [3.05, 3.63) is 33.4 Å². The Morgan fingerprint density at radius 2 is 2.03 bits per heavy atom. The number of nitrogens with zero attached hydrogens (tertiary/aromatic N) is 3. The van der Waals surface area contributed by atoms with Gasteiger partial charge in [-0.15, -0.1) is 9.24 Å². The minimum atomic E-state index is -0.580. The Kier molecular flexibility index (Phi) is 9.84. The molecule has 10 nitrogen and oxygen atoms in total. The Bertz CT molecular complexity index is 891. The molecule has 1 aromatic rings. The second-order valence-corrected chi connectivity index (χ2v) is 8.32. The van der Waals surface area contributed by atoms with Crippen LogP contribution in [-0.4, -0.2) is 50.4 Å². The van der Waals surface area contributed by atoms with E-state index in [0.717, 1.165) is 19.1 Å². The molecule has 1 saturated heterocycles. The highest BCUT2D eigenvalue weighted by molar-refractivity contribution is 7.20. The number of piperidine rings is 1. The molecular formula is C20H32N5O5P. The number of amides is 2. The molecule has 11 heteroatoms. The first-order chi connectivity index (χ1) is 14.5. The highest BCUT2D eigenvalue weighted by atomic mass is 31.0. The number of allylic oxidation sites excluding steroid dienone is 1. The number of aromatic hydroxyl groups is 1. The minimum absolute atomic E-state index is 0.276. The number of hydrogen-bond acceptors (Lipinski definition) is 7. The van der Waals surface area contributed by atoms with E-state index in [-0.39, 0.29) is 17.5 Å². The molecule has 2 amide bonds. The van der Waals surface area contributed by atoms with Gasteiger partial charge in [-0.1, -0.05) is 0 Å². The molecular weight excluding hydrogens is 421 g/mol. The number of ether oxygens (including phenoxy) is 1. The molecule has 1 aromatic heterocycles. The van der Waals surface area contributed by atoms with Crippen LogP contribution >= 0.6 is 9.24 Å². The molecule has 2 unspecified atom stereocenters. The molecule has 0 bridgehead atoms. The zero-order chi connectivity index (χ0) is 23.8. The maximum absolute atomic E-state index is 12.5. The average molecular weight is 453 g/mol. The van der Waals surface area contributed by atoms with Crippen molar-refractivity contribution in [3.63, 3.8) is 0 Å². The van der Waals surface area contributed by atoms with Crippen LogP contribution in [0.15, 0.2) is 16.3 Å². The van der Waals surface area contributed by atoms with Gasteiger partial charge in [0.15, 0.2) is 0 Å². The standard InChI is InChI=1S/C16H25N3O4.C4H7N2OP/c1-10-12(20)14(21)18(5)13(17-10)11-8-6-7-9-19(11)15(22)23-16(2,3)4;5-1-4(2-8)6-3-7/h11,20H,6-9H2,1-5H3;1-3,5H,8H2,(H,6,7)/b;4-2+,5-1?. The van der Waals surface area contributed by atoms with Crippen LogP contribution in [0.3, 0.4) is 0 Å². The van der Waals surface area contributed by atoms with Gasteiger partial charge in [-0.3, -0.25) is 19.1 Å². The number of rotatable bonds is 4. The number of nitrogens with one attached hydrogen (secondary N) is 2. The fourth-order valence-corrected chi connectivity index (χ4v) is 3.15. The summed E-state index contributed by atoms with van der Waals surface area (Å²) in [5.74, 6) is 1.69. The molecule has 2 rings (SSSR count). The number of aromatic nitrogens is 2. The van der Waals surface area contributed by atoms with Gasteiger partial charge in [0.05, 0.1) is 17.4 Å². The predicted molar refractivity (Wildman–Crippen MR) is 121 cm³/mol. The largest absolute Gasteiger partial charge is 0.502 e. The van der Waals surface area contributed by atoms with Crippen LogP contribution in [0.1, 0.15) is 57.6 Å². The molecule has 1 aliphatic rings. The van der Waals surface area contributed by atoms with Crippen molar-refractivity contribution in [2.75, 3.05) is 6.54 Å². The molecule has 0 aliphatic carbocycles. The van der Waals surface area contributed by atoms with Gasteiger partial charge < -0.3 is 20.6 Å². The van der Waals surface area contributed by atoms with Gasteiger partial charge in [-0.25, -0.2) is 9.78 Å². The number of carbonyl (C=O) groups is 2. The highest BCUT2D eigenvalue weighted by Crippen LogP contribution is 2.31. The normalized spacial score (nSPS) is 16.6. The first-order valence-corrected chi connectivity index (χ1v) is 10.5. The lowest BCUT2D eigenvalue weighted by Gasteiger charge is -2.36. The summed E-state index contributed by atoms with van der Waals surface area (Å²) in [6.45, 7) is 7.61. The summed E-state index contributed by atoms with van der Waals surface area (Å²) in [4.78, 5) is 40.2. The average Bonchev–Trinajstić information content (AvgIpc) is 2.72. The molecule has 0 radical (unpaired) electrons. The Hall–Kier alpha value is -2.74. The van der Waals surface area contributed by atoms with Gasteiger partial charge in [0.1, 0.15) is 11.4 Å². The van der Waals surface area contributed by atoms with E-state index >= 15 is 0 Å². The third-order valence-electron chi connectivity index (χ3n) is 4.47. The zero-order valence-electron chi connectivity index (χ0n) is 18.6. The monoisotopic (exact) mass is 453 g/mol. The molecule has 1 fully saturated rings. The van der Waals surface area contributed by atoms with Crippen molar-refractivity contribution in [3.8, 4) is 5.75 Å². The van der Waals surface area contributed by atoms with Crippen LogP contribution in [0.5, 0.6) is 5.75 Å². The third kappa shape index (κ3) is 7.47. The van der Waals surface area contributed by atoms with Gasteiger partial charge in [0, 0.05) is 19.8 Å². The second-order valence-electron chi connectivity index (χ2n) is 7.98. The lowest BCUT2D eigenvalue weighted by Crippen LogP contribution is -2.43. The molecule has 0 saturated carbocycles. The van der Waals surface area contributed by atoms with Crippen LogP contribution in [0.2, 0.25) is 0 Å². The van der Waals surface area contributed by atoms with Crippen LogP contribution in [0.25, 0.3) is 0 Å². The lowest BCUT2D eigenvalue weighted by molar-refractivity contribution is -0.108. The van der Waals surface area contributed by atoms with Gasteiger partial charge in [-0.2, -0.15) is 0 Å². The second kappa shape index (κ2) is 11.6. The third-order valence-corrected chi connectivity index (χ3v) is 4.82. The van der Waals surface area contributed by atoms with E-state index in [1.54, 1.807) is 24.7 Å². The number of carbonyl (C=O) groups excluding carboxylic acids is 2. The molecule has 1 aliphatic heterocycles. The van der Waals surface area contributed by atoms with E-state index in [1.165, 1.54) is 4.57 Å². The van der Waals surface area contributed by atoms with Gasteiger partial charge >= 0.3 is 6.09 Å². The van der Waals surface area contributed by atoms with Crippen molar-refractivity contribution in [1.82, 2.24) is 19.8 Å². The Labute approximate surface area is 184 Å². The van der Waals surface area contributed by atoms with Crippen molar-refractivity contribution in [2.24, 2.45) is 7.05 Å². The van der Waals surface area contributed by atoms with Crippen LogP contribution in [-0.2, 0) is 16.6 Å². The van der Waals surface area contributed by atoms with Crippen molar-refractivity contribution >= 4 is 28.0 Å². The number of hydrogen-bond donors (Lipinski definition) is 3. The van der Waals surface area contributed by atoms with E-state index in [4.69, 9.17) is 10.1 Å². The SMILES string of the molecule is Cc1nc(C2CCCCN2C(=O)OC(C)(C)C)n(C)c(=O)c1O.N=C/C(=C\P)NC=O. The summed E-state index contributed by atoms with van der Waals surface area (Å²) in [5.41, 5.74) is -0.325. The van der Waals surface area contributed by atoms with Gasteiger partial charge in [0.25, 0.3) is 5.56 Å². The minimum Gasteiger partial charge on any atom is -0.502 e. The predicted octanol–water partition coefficient (Wildman–Crippen LogP) is 2.35. The fraction of sp³-hybridized carbons (Fsp3) is 0.550. The summed E-state index contributed by atoms with van der Waals surface area (Å²) in [5, 5.41) is 18.7. The summed E-state index contributed by atoms with van der Waals surface area (Å²) in [6.07, 6.45) is 3.73.